The summed E-state index contributed by atoms with van der Waals surface area (Å²) >= 11 is 12.1. The predicted octanol–water partition coefficient (Wildman–Crippen LogP) is 2.54. The van der Waals surface area contributed by atoms with Gasteiger partial charge in [-0.3, -0.25) is 0 Å². The van der Waals surface area contributed by atoms with Crippen molar-refractivity contribution in [1.82, 2.24) is 0 Å². The molecule has 0 heterocycles. The summed E-state index contributed by atoms with van der Waals surface area (Å²) in [5.41, 5.74) is 0. The zero-order valence-corrected chi connectivity index (χ0v) is 12.0. The Hall–Kier alpha value is -0.520. The molecule has 0 radical (unpaired) electrons. The summed E-state index contributed by atoms with van der Waals surface area (Å²) in [6, 6.07) is 5.16. The second kappa shape index (κ2) is 6.77. The van der Waals surface area contributed by atoms with Crippen molar-refractivity contribution in [3.05, 3.63) is 28.2 Å². The van der Waals surface area contributed by atoms with Crippen molar-refractivity contribution in [1.29, 1.82) is 0 Å². The van der Waals surface area contributed by atoms with E-state index >= 15 is 0 Å². The molecule has 1 saturated carbocycles. The van der Waals surface area contributed by atoms with Crippen LogP contribution in [0.25, 0.3) is 0 Å². The molecule has 106 valence electrons. The minimum Gasteiger partial charge on any atom is -0.484 e. The van der Waals surface area contributed by atoms with Crippen LogP contribution in [-0.2, 0) is 9.47 Å². The molecule has 0 amide bonds. The van der Waals surface area contributed by atoms with Crippen LogP contribution in [0.3, 0.4) is 0 Å². The van der Waals surface area contributed by atoms with E-state index in [4.69, 9.17) is 37.4 Å². The van der Waals surface area contributed by atoms with Gasteiger partial charge in [-0.2, -0.15) is 0 Å². The summed E-state index contributed by atoms with van der Waals surface area (Å²) in [6.45, 7) is 0.886. The van der Waals surface area contributed by atoms with Crippen molar-refractivity contribution in [2.24, 2.45) is 0 Å². The van der Waals surface area contributed by atoms with Crippen LogP contribution in [0.4, 0.5) is 0 Å². The van der Waals surface area contributed by atoms with Gasteiger partial charge in [0.05, 0.1) is 29.4 Å². The van der Waals surface area contributed by atoms with E-state index in [1.54, 1.807) is 25.3 Å². The molecule has 3 atom stereocenters. The SMILES string of the molecule is COCCOC1C(O)CC1Oc1c(Cl)cccc1Cl. The first kappa shape index (κ1) is 14.9. The predicted molar refractivity (Wildman–Crippen MR) is 73.1 cm³/mol. The van der Waals surface area contributed by atoms with E-state index < -0.39 is 6.10 Å². The largest absolute Gasteiger partial charge is 0.484 e. The highest BCUT2D eigenvalue weighted by Crippen LogP contribution is 2.37. The van der Waals surface area contributed by atoms with Gasteiger partial charge in [-0.15, -0.1) is 0 Å². The van der Waals surface area contributed by atoms with Gasteiger partial charge >= 0.3 is 0 Å². The molecule has 1 aliphatic rings. The van der Waals surface area contributed by atoms with E-state index in [-0.39, 0.29) is 12.2 Å². The normalized spacial score (nSPS) is 26.0. The first-order valence-electron chi connectivity index (χ1n) is 6.02. The Balaban J connectivity index is 1.95. The smallest absolute Gasteiger partial charge is 0.157 e. The molecular formula is C13H16Cl2O4. The lowest BCUT2D eigenvalue weighted by Gasteiger charge is -2.41. The highest BCUT2D eigenvalue weighted by atomic mass is 35.5. The van der Waals surface area contributed by atoms with Crippen LogP contribution in [0.1, 0.15) is 6.42 Å². The first-order valence-corrected chi connectivity index (χ1v) is 6.78. The van der Waals surface area contributed by atoms with Crippen LogP contribution in [0.5, 0.6) is 5.75 Å². The van der Waals surface area contributed by atoms with Gasteiger partial charge in [-0.05, 0) is 12.1 Å². The Morgan fingerprint density at radius 3 is 2.53 bits per heavy atom. The molecule has 0 aromatic heterocycles. The standard InChI is InChI=1S/C13H16Cl2O4/c1-17-5-6-18-13-10(16)7-11(13)19-12-8(14)3-2-4-9(12)15/h2-4,10-11,13,16H,5-7H2,1H3. The number of hydrogen-bond acceptors (Lipinski definition) is 4. The Morgan fingerprint density at radius 2 is 1.95 bits per heavy atom. The third kappa shape index (κ3) is 3.52. The van der Waals surface area contributed by atoms with Gasteiger partial charge in [0.1, 0.15) is 12.2 Å². The molecule has 4 nitrogen and oxygen atoms in total. The Kier molecular flexibility index (Phi) is 5.30. The van der Waals surface area contributed by atoms with Gasteiger partial charge in [0.2, 0.25) is 0 Å². The maximum atomic E-state index is 9.68. The van der Waals surface area contributed by atoms with Gasteiger partial charge in [0.15, 0.2) is 5.75 Å². The first-order chi connectivity index (χ1) is 9.13. The number of para-hydroxylation sites is 1. The summed E-state index contributed by atoms with van der Waals surface area (Å²) in [5, 5.41) is 10.6. The fourth-order valence-electron chi connectivity index (χ4n) is 1.91. The van der Waals surface area contributed by atoms with E-state index in [0.717, 1.165) is 0 Å². The van der Waals surface area contributed by atoms with Crippen LogP contribution in [0.15, 0.2) is 18.2 Å². The van der Waals surface area contributed by atoms with Gasteiger partial charge in [-0.1, -0.05) is 29.3 Å². The van der Waals surface area contributed by atoms with Crippen molar-refractivity contribution in [2.45, 2.75) is 24.7 Å². The average Bonchev–Trinajstić information content (AvgIpc) is 2.37. The molecule has 0 spiro atoms. The van der Waals surface area contributed by atoms with E-state index in [9.17, 15) is 5.11 Å². The third-order valence-electron chi connectivity index (χ3n) is 3.01. The van der Waals surface area contributed by atoms with Crippen LogP contribution in [0.2, 0.25) is 10.0 Å². The lowest BCUT2D eigenvalue weighted by molar-refractivity contribution is -0.167. The van der Waals surface area contributed by atoms with Crippen LogP contribution >= 0.6 is 23.2 Å². The molecule has 1 aromatic carbocycles. The van der Waals surface area contributed by atoms with E-state index in [1.807, 2.05) is 0 Å². The summed E-state index contributed by atoms with van der Waals surface area (Å²) < 4.78 is 16.1. The summed E-state index contributed by atoms with van der Waals surface area (Å²) in [7, 11) is 1.60. The maximum Gasteiger partial charge on any atom is 0.157 e. The monoisotopic (exact) mass is 306 g/mol. The number of rotatable bonds is 6. The molecule has 1 aromatic rings. The minimum atomic E-state index is -0.525. The fourth-order valence-corrected chi connectivity index (χ4v) is 2.39. The molecule has 0 bridgehead atoms. The topological polar surface area (TPSA) is 47.9 Å². The average molecular weight is 307 g/mol. The van der Waals surface area contributed by atoms with Crippen molar-refractivity contribution in [3.63, 3.8) is 0 Å². The molecule has 1 N–H and O–H groups in total. The number of aliphatic hydroxyl groups excluding tert-OH is 1. The van der Waals surface area contributed by atoms with Gasteiger partial charge < -0.3 is 19.3 Å². The minimum absolute atomic E-state index is 0.246. The zero-order chi connectivity index (χ0) is 13.8. The Bertz CT molecular complexity index is 407. The number of methoxy groups -OCH3 is 1. The van der Waals surface area contributed by atoms with Crippen molar-refractivity contribution >= 4 is 23.2 Å². The highest BCUT2D eigenvalue weighted by molar-refractivity contribution is 6.37. The molecule has 3 unspecified atom stereocenters. The number of benzene rings is 1. The van der Waals surface area contributed by atoms with Gasteiger partial charge in [-0.25, -0.2) is 0 Å². The number of halogens is 2. The van der Waals surface area contributed by atoms with Crippen LogP contribution in [0, 0.1) is 0 Å². The van der Waals surface area contributed by atoms with Crippen molar-refractivity contribution in [3.8, 4) is 5.75 Å². The third-order valence-corrected chi connectivity index (χ3v) is 3.60. The van der Waals surface area contributed by atoms with Crippen LogP contribution in [-0.4, -0.2) is 43.7 Å². The molecule has 1 aliphatic carbocycles. The Labute approximate surface area is 122 Å². The summed E-state index contributed by atoms with van der Waals surface area (Å²) in [6.07, 6.45) is -0.644. The number of hydrogen-bond donors (Lipinski definition) is 1. The lowest BCUT2D eigenvalue weighted by atomic mass is 9.88. The summed E-state index contributed by atoms with van der Waals surface area (Å²) in [5.74, 6) is 0.433. The zero-order valence-electron chi connectivity index (χ0n) is 10.5. The van der Waals surface area contributed by atoms with E-state index in [1.165, 1.54) is 0 Å². The number of ether oxygens (including phenoxy) is 3. The summed E-state index contributed by atoms with van der Waals surface area (Å²) in [4.78, 5) is 0. The van der Waals surface area contributed by atoms with Crippen LogP contribution < -0.4 is 4.74 Å². The fraction of sp³-hybridized carbons (Fsp3) is 0.538. The molecule has 2 rings (SSSR count). The van der Waals surface area contributed by atoms with Crippen molar-refractivity contribution < 1.29 is 19.3 Å². The highest BCUT2D eigenvalue weighted by Gasteiger charge is 2.43. The van der Waals surface area contributed by atoms with Crippen molar-refractivity contribution in [2.75, 3.05) is 20.3 Å². The molecule has 19 heavy (non-hydrogen) atoms. The molecule has 1 fully saturated rings. The molecule has 0 aliphatic heterocycles. The van der Waals surface area contributed by atoms with E-state index in [2.05, 4.69) is 0 Å². The second-order valence-electron chi connectivity index (χ2n) is 4.34. The molecule has 6 heteroatoms. The van der Waals surface area contributed by atoms with E-state index in [0.29, 0.717) is 35.4 Å². The quantitative estimate of drug-likeness (QED) is 0.821. The molecular weight excluding hydrogens is 291 g/mol. The Morgan fingerprint density at radius 1 is 1.26 bits per heavy atom. The van der Waals surface area contributed by atoms with Gasteiger partial charge in [0, 0.05) is 13.5 Å². The number of aliphatic hydroxyl groups is 1. The molecule has 0 saturated heterocycles. The second-order valence-corrected chi connectivity index (χ2v) is 5.15. The van der Waals surface area contributed by atoms with Gasteiger partial charge in [0.25, 0.3) is 0 Å². The lowest BCUT2D eigenvalue weighted by Crippen LogP contribution is -2.55. The maximum absolute atomic E-state index is 9.68.